The van der Waals surface area contributed by atoms with Gasteiger partial charge in [-0.05, 0) is 62.7 Å². The Balaban J connectivity index is 1.88. The van der Waals surface area contributed by atoms with E-state index in [1.807, 2.05) is 11.3 Å². The lowest BCUT2D eigenvalue weighted by molar-refractivity contribution is 0.0923. The van der Waals surface area contributed by atoms with Gasteiger partial charge in [0.25, 0.3) is 0 Å². The van der Waals surface area contributed by atoms with E-state index in [1.54, 1.807) is 0 Å². The number of thiophene rings is 1. The van der Waals surface area contributed by atoms with Gasteiger partial charge in [0.2, 0.25) is 0 Å². The minimum Gasteiger partial charge on any atom is -0.322 e. The number of likely N-dealkylation sites (tertiary alicyclic amines) is 1. The standard InChI is InChI=1S/C15H24N2S/c1-12-10-13(11-18-12)14(16)15(6-2-3-7-15)17-8-4-5-9-17/h10-11,14H,2-9,16H2,1H3. The van der Waals surface area contributed by atoms with E-state index in [0.29, 0.717) is 0 Å². The summed E-state index contributed by atoms with van der Waals surface area (Å²) >= 11 is 1.83. The molecule has 1 aliphatic carbocycles. The second-order valence-electron chi connectivity index (χ2n) is 5.97. The molecular weight excluding hydrogens is 240 g/mol. The van der Waals surface area contributed by atoms with Crippen molar-refractivity contribution in [3.05, 3.63) is 21.9 Å². The first-order chi connectivity index (χ1) is 8.72. The molecule has 0 bridgehead atoms. The van der Waals surface area contributed by atoms with Crippen molar-refractivity contribution in [1.82, 2.24) is 4.90 Å². The summed E-state index contributed by atoms with van der Waals surface area (Å²) in [6.07, 6.45) is 8.01. The Labute approximate surface area is 114 Å². The second kappa shape index (κ2) is 4.95. The van der Waals surface area contributed by atoms with E-state index in [0.717, 1.165) is 0 Å². The molecule has 1 unspecified atom stereocenters. The quantitative estimate of drug-likeness (QED) is 0.906. The summed E-state index contributed by atoms with van der Waals surface area (Å²) < 4.78 is 0. The van der Waals surface area contributed by atoms with Crippen molar-refractivity contribution in [2.24, 2.45) is 5.73 Å². The Kier molecular flexibility index (Phi) is 3.48. The smallest absolute Gasteiger partial charge is 0.0490 e. The van der Waals surface area contributed by atoms with E-state index < -0.39 is 0 Å². The predicted octanol–water partition coefficient (Wildman–Crippen LogP) is 3.46. The molecule has 1 saturated carbocycles. The average Bonchev–Trinajstić information content (AvgIpc) is 3.09. The molecule has 1 atom stereocenters. The van der Waals surface area contributed by atoms with Gasteiger partial charge in [0.1, 0.15) is 0 Å². The van der Waals surface area contributed by atoms with E-state index in [-0.39, 0.29) is 11.6 Å². The van der Waals surface area contributed by atoms with E-state index in [1.165, 1.54) is 62.1 Å². The third kappa shape index (κ3) is 2.02. The molecule has 0 amide bonds. The Bertz CT molecular complexity index is 400. The maximum Gasteiger partial charge on any atom is 0.0490 e. The molecule has 2 nitrogen and oxygen atoms in total. The zero-order valence-electron chi connectivity index (χ0n) is 11.3. The zero-order valence-corrected chi connectivity index (χ0v) is 12.1. The van der Waals surface area contributed by atoms with Crippen molar-refractivity contribution >= 4 is 11.3 Å². The van der Waals surface area contributed by atoms with Crippen molar-refractivity contribution in [2.75, 3.05) is 13.1 Å². The van der Waals surface area contributed by atoms with Crippen LogP contribution >= 0.6 is 11.3 Å². The summed E-state index contributed by atoms with van der Waals surface area (Å²) in [5, 5.41) is 2.27. The van der Waals surface area contributed by atoms with E-state index in [4.69, 9.17) is 5.73 Å². The van der Waals surface area contributed by atoms with E-state index >= 15 is 0 Å². The van der Waals surface area contributed by atoms with Gasteiger partial charge in [-0.25, -0.2) is 0 Å². The minimum absolute atomic E-state index is 0.211. The first kappa shape index (κ1) is 12.6. The van der Waals surface area contributed by atoms with Gasteiger partial charge in [0.05, 0.1) is 0 Å². The fourth-order valence-corrected chi connectivity index (χ4v) is 4.65. The lowest BCUT2D eigenvalue weighted by Gasteiger charge is -2.43. The molecule has 2 heterocycles. The highest BCUT2D eigenvalue weighted by Gasteiger charge is 2.45. The third-order valence-electron chi connectivity index (χ3n) is 4.89. The number of hydrogen-bond donors (Lipinski definition) is 1. The maximum absolute atomic E-state index is 6.69. The molecule has 3 rings (SSSR count). The molecule has 0 aromatic carbocycles. The number of aryl methyl sites for hydroxylation is 1. The van der Waals surface area contributed by atoms with Crippen LogP contribution in [-0.2, 0) is 0 Å². The summed E-state index contributed by atoms with van der Waals surface area (Å²) in [6, 6.07) is 2.51. The van der Waals surface area contributed by atoms with Crippen LogP contribution in [0.25, 0.3) is 0 Å². The van der Waals surface area contributed by atoms with Crippen LogP contribution in [0.3, 0.4) is 0 Å². The Morgan fingerprint density at radius 1 is 1.22 bits per heavy atom. The van der Waals surface area contributed by atoms with Crippen LogP contribution in [0.2, 0.25) is 0 Å². The highest BCUT2D eigenvalue weighted by molar-refractivity contribution is 7.10. The van der Waals surface area contributed by atoms with Gasteiger partial charge in [0, 0.05) is 16.5 Å². The molecule has 2 aliphatic rings. The Hall–Kier alpha value is -0.380. The van der Waals surface area contributed by atoms with Crippen LogP contribution < -0.4 is 5.73 Å². The number of hydrogen-bond acceptors (Lipinski definition) is 3. The number of nitrogens with zero attached hydrogens (tertiary/aromatic N) is 1. The SMILES string of the molecule is Cc1cc(C(N)C2(N3CCCC3)CCCC2)cs1. The third-order valence-corrected chi connectivity index (χ3v) is 5.77. The molecule has 2 N–H and O–H groups in total. The van der Waals surface area contributed by atoms with Crippen LogP contribution in [-0.4, -0.2) is 23.5 Å². The van der Waals surface area contributed by atoms with Crippen LogP contribution in [0.4, 0.5) is 0 Å². The zero-order chi connectivity index (χ0) is 12.6. The van der Waals surface area contributed by atoms with Crippen LogP contribution in [0.1, 0.15) is 55.0 Å². The largest absolute Gasteiger partial charge is 0.322 e. The van der Waals surface area contributed by atoms with Crippen LogP contribution in [0.15, 0.2) is 11.4 Å². The Morgan fingerprint density at radius 2 is 1.89 bits per heavy atom. The molecule has 18 heavy (non-hydrogen) atoms. The van der Waals surface area contributed by atoms with Gasteiger partial charge in [-0.15, -0.1) is 11.3 Å². The summed E-state index contributed by atoms with van der Waals surface area (Å²) in [5.41, 5.74) is 8.33. The van der Waals surface area contributed by atoms with Crippen molar-refractivity contribution in [1.29, 1.82) is 0 Å². The number of nitrogens with two attached hydrogens (primary N) is 1. The fraction of sp³-hybridized carbons (Fsp3) is 0.733. The molecular formula is C15H24N2S. The highest BCUT2D eigenvalue weighted by atomic mass is 32.1. The second-order valence-corrected chi connectivity index (χ2v) is 7.09. The average molecular weight is 264 g/mol. The molecule has 1 aromatic heterocycles. The fourth-order valence-electron chi connectivity index (χ4n) is 3.91. The molecule has 1 saturated heterocycles. The van der Waals surface area contributed by atoms with Crippen molar-refractivity contribution in [3.63, 3.8) is 0 Å². The van der Waals surface area contributed by atoms with Gasteiger partial charge >= 0.3 is 0 Å². The predicted molar refractivity (Wildman–Crippen MR) is 78.0 cm³/mol. The van der Waals surface area contributed by atoms with Gasteiger partial charge in [-0.1, -0.05) is 12.8 Å². The van der Waals surface area contributed by atoms with Gasteiger partial charge in [-0.2, -0.15) is 0 Å². The van der Waals surface area contributed by atoms with Gasteiger partial charge in [0.15, 0.2) is 0 Å². The summed E-state index contributed by atoms with van der Waals surface area (Å²) in [6.45, 7) is 4.70. The summed E-state index contributed by atoms with van der Waals surface area (Å²) in [4.78, 5) is 4.09. The first-order valence-electron chi connectivity index (χ1n) is 7.28. The molecule has 1 aliphatic heterocycles. The first-order valence-corrected chi connectivity index (χ1v) is 8.16. The van der Waals surface area contributed by atoms with E-state index in [2.05, 4.69) is 23.3 Å². The topological polar surface area (TPSA) is 29.3 Å². The summed E-state index contributed by atoms with van der Waals surface area (Å²) in [5.74, 6) is 0. The lowest BCUT2D eigenvalue weighted by Crippen LogP contribution is -2.52. The highest BCUT2D eigenvalue weighted by Crippen LogP contribution is 2.45. The monoisotopic (exact) mass is 264 g/mol. The van der Waals surface area contributed by atoms with Crippen LogP contribution in [0.5, 0.6) is 0 Å². The molecule has 0 spiro atoms. The summed E-state index contributed by atoms with van der Waals surface area (Å²) in [7, 11) is 0. The van der Waals surface area contributed by atoms with Crippen molar-refractivity contribution < 1.29 is 0 Å². The van der Waals surface area contributed by atoms with Crippen molar-refractivity contribution in [2.45, 2.75) is 57.0 Å². The molecule has 0 radical (unpaired) electrons. The lowest BCUT2D eigenvalue weighted by atomic mass is 9.83. The Morgan fingerprint density at radius 3 is 2.44 bits per heavy atom. The molecule has 3 heteroatoms. The maximum atomic E-state index is 6.69. The van der Waals surface area contributed by atoms with Crippen LogP contribution in [0, 0.1) is 6.92 Å². The van der Waals surface area contributed by atoms with E-state index in [9.17, 15) is 0 Å². The number of rotatable bonds is 3. The van der Waals surface area contributed by atoms with Gasteiger partial charge < -0.3 is 5.73 Å². The normalized spacial score (nSPS) is 25.7. The minimum atomic E-state index is 0.211. The van der Waals surface area contributed by atoms with Crippen molar-refractivity contribution in [3.8, 4) is 0 Å². The van der Waals surface area contributed by atoms with Gasteiger partial charge in [-0.3, -0.25) is 4.90 Å². The molecule has 2 fully saturated rings. The molecule has 100 valence electrons. The molecule has 1 aromatic rings.